The van der Waals surface area contributed by atoms with Crippen LogP contribution in [-0.2, 0) is 13.8 Å². The number of nitrogen functional groups attached to an aromatic ring is 1. The van der Waals surface area contributed by atoms with Crippen molar-refractivity contribution < 1.29 is 33.8 Å². The Morgan fingerprint density at radius 3 is 2.76 bits per heavy atom. The average molecular weight is 449 g/mol. The Hall–Kier alpha value is -1.31. The minimum absolute atomic E-state index is 0.182. The van der Waals surface area contributed by atoms with Crippen LogP contribution in [0, 0.1) is 0 Å². The normalized spacial score (nSPS) is 25.1. The second-order valence-corrected chi connectivity index (χ2v) is 8.91. The van der Waals surface area contributed by atoms with Crippen LogP contribution in [0.1, 0.15) is 32.4 Å². The molecule has 3 heterocycles. The lowest BCUT2D eigenvalue weighted by Gasteiger charge is -2.17. The highest BCUT2D eigenvalue weighted by Crippen LogP contribution is 2.39. The molecule has 1 fully saturated rings. The Bertz CT molecular complexity index is 893. The van der Waals surface area contributed by atoms with E-state index in [0.717, 1.165) is 25.0 Å². The van der Waals surface area contributed by atoms with E-state index >= 15 is 0 Å². The fraction of sp³-hybridized carbons (Fsp3) is 0.667. The second-order valence-electron chi connectivity index (χ2n) is 6.60. The number of hydrogen-bond acceptors (Lipinski definition) is 10. The summed E-state index contributed by atoms with van der Waals surface area (Å²) in [5.41, 5.74) is 6.63. The SMILES string of the molecule is CCCCCSc1nc(N)c2ncn([C@@H]3O[C@H](COP(=O)(O)O)C(O)C3O)c2n1. The van der Waals surface area contributed by atoms with Gasteiger partial charge in [-0.15, -0.1) is 0 Å². The molecule has 0 bridgehead atoms. The van der Waals surface area contributed by atoms with Crippen molar-refractivity contribution in [3.05, 3.63) is 6.33 Å². The van der Waals surface area contributed by atoms with Crippen LogP contribution in [0.2, 0.25) is 0 Å². The monoisotopic (exact) mass is 449 g/mol. The third-order valence-corrected chi connectivity index (χ3v) is 5.84. The number of phosphoric acid groups is 1. The summed E-state index contributed by atoms with van der Waals surface area (Å²) in [7, 11) is -4.74. The van der Waals surface area contributed by atoms with Crippen LogP contribution in [0.5, 0.6) is 0 Å². The molecule has 0 amide bonds. The van der Waals surface area contributed by atoms with Crippen molar-refractivity contribution in [2.24, 2.45) is 0 Å². The minimum Gasteiger partial charge on any atom is -0.387 e. The van der Waals surface area contributed by atoms with Crippen molar-refractivity contribution in [2.75, 3.05) is 18.1 Å². The number of anilines is 1. The van der Waals surface area contributed by atoms with Crippen LogP contribution in [0.4, 0.5) is 5.82 Å². The zero-order valence-electron chi connectivity index (χ0n) is 15.7. The molecular weight excluding hydrogens is 425 g/mol. The molecule has 3 rings (SSSR count). The average Bonchev–Trinajstić information content (AvgIpc) is 3.19. The summed E-state index contributed by atoms with van der Waals surface area (Å²) in [6.07, 6.45) is -0.494. The molecule has 1 saturated heterocycles. The van der Waals surface area contributed by atoms with Crippen molar-refractivity contribution in [2.45, 2.75) is 55.9 Å². The highest BCUT2D eigenvalue weighted by Gasteiger charge is 2.45. The summed E-state index contributed by atoms with van der Waals surface area (Å²) in [5.74, 6) is 1.01. The highest BCUT2D eigenvalue weighted by molar-refractivity contribution is 7.99. The molecule has 12 nitrogen and oxygen atoms in total. The fourth-order valence-electron chi connectivity index (χ4n) is 2.95. The predicted octanol–water partition coefficient (Wildman–Crippen LogP) is 0.419. The summed E-state index contributed by atoms with van der Waals surface area (Å²) in [6, 6.07) is 0. The molecule has 4 atom stereocenters. The Balaban J connectivity index is 1.81. The molecule has 0 radical (unpaired) electrons. The van der Waals surface area contributed by atoms with Crippen LogP contribution in [0.15, 0.2) is 11.5 Å². The van der Waals surface area contributed by atoms with Crippen molar-refractivity contribution in [3.8, 4) is 0 Å². The lowest BCUT2D eigenvalue weighted by atomic mass is 10.1. The molecule has 14 heteroatoms. The number of fused-ring (bicyclic) bond motifs is 1. The Morgan fingerprint density at radius 2 is 2.07 bits per heavy atom. The molecule has 1 aliphatic heterocycles. The third kappa shape index (κ3) is 5.25. The van der Waals surface area contributed by atoms with E-state index in [9.17, 15) is 14.8 Å². The van der Waals surface area contributed by atoms with Crippen molar-refractivity contribution in [1.29, 1.82) is 0 Å². The van der Waals surface area contributed by atoms with Gasteiger partial charge in [0.1, 0.15) is 23.8 Å². The molecule has 29 heavy (non-hydrogen) atoms. The summed E-state index contributed by atoms with van der Waals surface area (Å²) in [6.45, 7) is 1.52. The van der Waals surface area contributed by atoms with E-state index in [2.05, 4.69) is 26.4 Å². The third-order valence-electron chi connectivity index (χ3n) is 4.43. The van der Waals surface area contributed by atoms with Crippen molar-refractivity contribution >= 4 is 36.6 Å². The molecule has 1 aliphatic rings. The molecule has 6 N–H and O–H groups in total. The van der Waals surface area contributed by atoms with Gasteiger partial charge in [-0.25, -0.2) is 19.5 Å². The van der Waals surface area contributed by atoms with Gasteiger partial charge in [-0.2, -0.15) is 0 Å². The number of thioether (sulfide) groups is 1. The number of phosphoric ester groups is 1. The van der Waals surface area contributed by atoms with E-state index in [1.807, 2.05) is 0 Å². The number of ether oxygens (including phenoxy) is 1. The number of aliphatic hydroxyl groups excluding tert-OH is 2. The number of nitrogens with two attached hydrogens (primary N) is 1. The molecule has 2 aromatic rings. The standard InChI is InChI=1S/C15H24N5O7PS/c1-2-3-4-5-29-15-18-12(16)9-13(19-15)20(7-17-9)14-11(22)10(21)8(27-14)6-26-28(23,24)25/h7-8,10-11,14,21-22H,2-6H2,1H3,(H2,16,18,19)(H2,23,24,25)/t8-,10?,11?,14-/m1/s1. The van der Waals surface area contributed by atoms with Gasteiger partial charge in [-0.05, 0) is 6.42 Å². The number of imidazole rings is 1. The van der Waals surface area contributed by atoms with Crippen LogP contribution < -0.4 is 5.73 Å². The van der Waals surface area contributed by atoms with Gasteiger partial charge < -0.3 is 30.5 Å². The fourth-order valence-corrected chi connectivity index (χ4v) is 4.14. The van der Waals surface area contributed by atoms with Gasteiger partial charge in [0.05, 0.1) is 12.9 Å². The van der Waals surface area contributed by atoms with E-state index in [1.54, 1.807) is 0 Å². The van der Waals surface area contributed by atoms with Gasteiger partial charge in [0.25, 0.3) is 0 Å². The van der Waals surface area contributed by atoms with Crippen molar-refractivity contribution in [1.82, 2.24) is 19.5 Å². The summed E-state index contributed by atoms with van der Waals surface area (Å²) in [4.78, 5) is 30.5. The molecule has 0 saturated carbocycles. The first-order valence-corrected chi connectivity index (χ1v) is 11.6. The first-order chi connectivity index (χ1) is 13.7. The molecular formula is C15H24N5O7PS. The summed E-state index contributed by atoms with van der Waals surface area (Å²) < 4.78 is 22.3. The number of aliphatic hydroxyl groups is 2. The molecule has 2 aromatic heterocycles. The van der Waals surface area contributed by atoms with Crippen LogP contribution in [0.25, 0.3) is 11.2 Å². The second kappa shape index (κ2) is 9.23. The molecule has 0 spiro atoms. The van der Waals surface area contributed by atoms with E-state index < -0.39 is 39.0 Å². The lowest BCUT2D eigenvalue weighted by Crippen LogP contribution is -2.33. The highest BCUT2D eigenvalue weighted by atomic mass is 32.2. The van der Waals surface area contributed by atoms with E-state index in [-0.39, 0.29) is 5.82 Å². The topological polar surface area (TPSA) is 186 Å². The zero-order valence-corrected chi connectivity index (χ0v) is 17.4. The molecule has 0 aliphatic carbocycles. The van der Waals surface area contributed by atoms with Gasteiger partial charge in [-0.3, -0.25) is 9.09 Å². The zero-order chi connectivity index (χ0) is 21.2. The van der Waals surface area contributed by atoms with E-state index in [4.69, 9.17) is 20.3 Å². The number of rotatable bonds is 9. The maximum absolute atomic E-state index is 10.9. The van der Waals surface area contributed by atoms with Gasteiger partial charge >= 0.3 is 7.82 Å². The van der Waals surface area contributed by atoms with Gasteiger partial charge in [0.2, 0.25) is 0 Å². The van der Waals surface area contributed by atoms with Crippen LogP contribution in [-0.4, -0.2) is 70.2 Å². The van der Waals surface area contributed by atoms with E-state index in [1.165, 1.54) is 22.7 Å². The van der Waals surface area contributed by atoms with Crippen molar-refractivity contribution in [3.63, 3.8) is 0 Å². The van der Waals surface area contributed by atoms with Gasteiger partial charge in [0.15, 0.2) is 22.8 Å². The Labute approximate surface area is 170 Å². The van der Waals surface area contributed by atoms with Gasteiger partial charge in [0, 0.05) is 5.75 Å². The molecule has 0 aromatic carbocycles. The predicted molar refractivity (Wildman–Crippen MR) is 104 cm³/mol. The Kier molecular flexibility index (Phi) is 7.12. The van der Waals surface area contributed by atoms with Crippen LogP contribution >= 0.6 is 19.6 Å². The minimum atomic E-state index is -4.74. The smallest absolute Gasteiger partial charge is 0.387 e. The maximum Gasteiger partial charge on any atom is 0.469 e. The quantitative estimate of drug-likeness (QED) is 0.154. The maximum atomic E-state index is 10.9. The first-order valence-electron chi connectivity index (χ1n) is 9.05. The largest absolute Gasteiger partial charge is 0.469 e. The number of unbranched alkanes of at least 4 members (excludes halogenated alkanes) is 2. The summed E-state index contributed by atoms with van der Waals surface area (Å²) in [5, 5.41) is 21.0. The first kappa shape index (κ1) is 22.4. The number of hydrogen-bond donors (Lipinski definition) is 5. The van der Waals surface area contributed by atoms with E-state index in [0.29, 0.717) is 16.3 Å². The molecule has 2 unspecified atom stereocenters. The number of nitrogens with zero attached hydrogens (tertiary/aromatic N) is 4. The Morgan fingerprint density at radius 1 is 1.31 bits per heavy atom. The molecule has 162 valence electrons. The van der Waals surface area contributed by atoms with Crippen LogP contribution in [0.3, 0.4) is 0 Å². The summed E-state index contributed by atoms with van der Waals surface area (Å²) >= 11 is 1.45. The lowest BCUT2D eigenvalue weighted by molar-refractivity contribution is -0.0504. The number of aromatic nitrogens is 4. The van der Waals surface area contributed by atoms with Gasteiger partial charge in [-0.1, -0.05) is 31.5 Å².